The molecule has 2 rings (SSSR count). The minimum absolute atomic E-state index is 0.0490. The molecule has 47 heavy (non-hydrogen) atoms. The zero-order valence-corrected chi connectivity index (χ0v) is 28.9. The number of hydrogen-bond acceptors (Lipinski definition) is 13. The van der Waals surface area contributed by atoms with E-state index in [-0.39, 0.29) is 27.1 Å². The second-order valence-electron chi connectivity index (χ2n) is 7.69. The predicted molar refractivity (Wildman–Crippen MR) is 193 cm³/mol. The summed E-state index contributed by atoms with van der Waals surface area (Å²) in [5, 5.41) is 28.2. The summed E-state index contributed by atoms with van der Waals surface area (Å²) in [5.74, 6) is 0. The molecule has 0 aliphatic carbocycles. The summed E-state index contributed by atoms with van der Waals surface area (Å²) in [6, 6.07) is 13.8. The van der Waals surface area contributed by atoms with Crippen molar-refractivity contribution in [3.63, 3.8) is 0 Å². The summed E-state index contributed by atoms with van der Waals surface area (Å²) in [4.78, 5) is 44.3. The number of anilines is 4. The minimum Gasteiger partial charge on any atom is -0.453 e. The Bertz CT molecular complexity index is 1210. The van der Waals surface area contributed by atoms with Crippen molar-refractivity contribution >= 4 is 116 Å². The van der Waals surface area contributed by atoms with Crippen LogP contribution in [0.15, 0.2) is 48.5 Å². The van der Waals surface area contributed by atoms with Gasteiger partial charge in [-0.1, -0.05) is 24.3 Å². The molecule has 21 heteroatoms. The minimum atomic E-state index is -0.689. The maximum atomic E-state index is 11.1. The van der Waals surface area contributed by atoms with Gasteiger partial charge in [0.25, 0.3) is 0 Å². The SMILES string of the molecule is CCO.COC(=O)NC(=S)Nc1ccccc1NC(=S)NC(=O)OC.COC(=O)NC(=S)Nc1ccccc1NC(=S)NC(=O)OC. The molecule has 0 saturated heterocycles. The van der Waals surface area contributed by atoms with Crippen molar-refractivity contribution in [3.8, 4) is 0 Å². The molecule has 0 saturated carbocycles. The van der Waals surface area contributed by atoms with Crippen LogP contribution in [0.4, 0.5) is 41.9 Å². The predicted octanol–water partition coefficient (Wildman–Crippen LogP) is 3.58. The smallest absolute Gasteiger partial charge is 0.413 e. The van der Waals surface area contributed by atoms with E-state index in [9.17, 15) is 19.2 Å². The summed E-state index contributed by atoms with van der Waals surface area (Å²) in [6.07, 6.45) is -2.76. The molecule has 0 aromatic heterocycles. The summed E-state index contributed by atoms with van der Waals surface area (Å²) < 4.78 is 17.7. The number of carbonyl (C=O) groups excluding carboxylic acids is 4. The molecule has 0 heterocycles. The topological polar surface area (TPSA) is 222 Å². The van der Waals surface area contributed by atoms with Crippen LogP contribution in [0, 0.1) is 0 Å². The molecule has 0 spiro atoms. The van der Waals surface area contributed by atoms with Gasteiger partial charge in [0.1, 0.15) is 0 Å². The Morgan fingerprint density at radius 2 is 0.681 bits per heavy atom. The summed E-state index contributed by atoms with van der Waals surface area (Å²) in [7, 11) is 4.91. The monoisotopic (exact) mass is 730 g/mol. The second kappa shape index (κ2) is 24.3. The van der Waals surface area contributed by atoms with Gasteiger partial charge in [-0.2, -0.15) is 0 Å². The Balaban J connectivity index is 0.000000831. The normalized spacial score (nSPS) is 8.98. The second-order valence-corrected chi connectivity index (χ2v) is 9.32. The van der Waals surface area contributed by atoms with Gasteiger partial charge in [-0.15, -0.1) is 0 Å². The fourth-order valence-electron chi connectivity index (χ4n) is 2.59. The first kappa shape index (κ1) is 42.0. The Kier molecular flexibility index (Phi) is 21.7. The van der Waals surface area contributed by atoms with Gasteiger partial charge >= 0.3 is 24.4 Å². The summed E-state index contributed by atoms with van der Waals surface area (Å²) >= 11 is 19.9. The highest BCUT2D eigenvalue weighted by Crippen LogP contribution is 2.21. The van der Waals surface area contributed by atoms with Crippen LogP contribution >= 0.6 is 48.9 Å². The van der Waals surface area contributed by atoms with Crippen molar-refractivity contribution in [1.29, 1.82) is 0 Å². The molecule has 4 amide bonds. The van der Waals surface area contributed by atoms with Crippen LogP contribution in [0.1, 0.15) is 6.92 Å². The molecular weight excluding hydrogens is 697 g/mol. The van der Waals surface area contributed by atoms with Crippen LogP contribution in [-0.2, 0) is 18.9 Å². The van der Waals surface area contributed by atoms with E-state index < -0.39 is 24.4 Å². The Labute approximate surface area is 291 Å². The van der Waals surface area contributed by atoms with Crippen molar-refractivity contribution in [2.75, 3.05) is 56.3 Å². The highest BCUT2D eigenvalue weighted by molar-refractivity contribution is 7.81. The number of aliphatic hydroxyl groups is 1. The number of thiocarbonyl (C=S) groups is 4. The van der Waals surface area contributed by atoms with Crippen LogP contribution < -0.4 is 42.5 Å². The number of amides is 4. The number of alkyl carbamates (subject to hydrolysis) is 4. The molecule has 0 fully saturated rings. The fourth-order valence-corrected chi connectivity index (χ4v) is 3.36. The lowest BCUT2D eigenvalue weighted by molar-refractivity contribution is 0.176. The average molecular weight is 731 g/mol. The van der Waals surface area contributed by atoms with Gasteiger partial charge in [0.15, 0.2) is 20.4 Å². The number of hydrogen-bond donors (Lipinski definition) is 9. The first-order chi connectivity index (χ1) is 22.3. The number of methoxy groups -OCH3 is 4. The molecule has 0 bridgehead atoms. The molecule has 0 atom stereocenters. The highest BCUT2D eigenvalue weighted by atomic mass is 32.1. The summed E-state index contributed by atoms with van der Waals surface area (Å²) in [5.41, 5.74) is 2.16. The largest absolute Gasteiger partial charge is 0.453 e. The number of aliphatic hydroxyl groups excluding tert-OH is 1. The van der Waals surface area contributed by atoms with Gasteiger partial charge in [-0.3, -0.25) is 21.3 Å². The van der Waals surface area contributed by atoms with Crippen molar-refractivity contribution < 1.29 is 43.2 Å². The zero-order chi connectivity index (χ0) is 35.8. The van der Waals surface area contributed by atoms with Gasteiger partial charge in [0.2, 0.25) is 0 Å². The molecular formula is C26H34N8O9S4. The van der Waals surface area contributed by atoms with E-state index in [1.54, 1.807) is 55.5 Å². The standard InChI is InChI=1S/2C12H14N4O4S2.C2H6O/c2*1-19-11(17)15-9(21)13-7-5-3-4-6-8(7)14-10(22)16-12(18)20-2;1-2-3/h2*3-6H,1-2H3,(H2,13,15,17,21)(H2,14,16,18,22);3H,2H2,1H3. The van der Waals surface area contributed by atoms with Crippen molar-refractivity contribution in [3.05, 3.63) is 48.5 Å². The molecule has 0 aliphatic heterocycles. The average Bonchev–Trinajstić information content (AvgIpc) is 3.03. The molecule has 256 valence electrons. The van der Waals surface area contributed by atoms with E-state index in [1.165, 1.54) is 28.4 Å². The summed E-state index contributed by atoms with van der Waals surface area (Å²) in [6.45, 7) is 1.93. The Morgan fingerprint density at radius 3 is 0.830 bits per heavy atom. The van der Waals surface area contributed by atoms with Gasteiger partial charge < -0.3 is 45.3 Å². The van der Waals surface area contributed by atoms with E-state index in [1.807, 2.05) is 0 Å². The molecule has 17 nitrogen and oxygen atoms in total. The van der Waals surface area contributed by atoms with Gasteiger partial charge in [-0.05, 0) is 80.1 Å². The van der Waals surface area contributed by atoms with Crippen molar-refractivity contribution in [2.45, 2.75) is 6.92 Å². The van der Waals surface area contributed by atoms with Gasteiger partial charge in [-0.25, -0.2) is 19.2 Å². The Morgan fingerprint density at radius 1 is 0.511 bits per heavy atom. The van der Waals surface area contributed by atoms with E-state index in [4.69, 9.17) is 54.0 Å². The Hall–Kier alpha value is -4.96. The lowest BCUT2D eigenvalue weighted by Gasteiger charge is -2.15. The molecule has 2 aromatic rings. The lowest BCUT2D eigenvalue weighted by Crippen LogP contribution is -2.35. The maximum Gasteiger partial charge on any atom is 0.413 e. The molecule has 0 radical (unpaired) electrons. The van der Waals surface area contributed by atoms with E-state index in [0.717, 1.165) is 0 Å². The number of benzene rings is 2. The molecule has 0 aliphatic rings. The number of carbonyl (C=O) groups is 4. The van der Waals surface area contributed by atoms with Crippen molar-refractivity contribution in [1.82, 2.24) is 21.3 Å². The van der Waals surface area contributed by atoms with E-state index in [2.05, 4.69) is 61.5 Å². The number of ether oxygens (including phenoxy) is 4. The first-order valence-corrected chi connectivity index (χ1v) is 14.4. The molecule has 0 unspecified atom stereocenters. The third-order valence-corrected chi connectivity index (χ3v) is 5.27. The van der Waals surface area contributed by atoms with Crippen LogP contribution in [0.2, 0.25) is 0 Å². The first-order valence-electron chi connectivity index (χ1n) is 12.8. The zero-order valence-electron chi connectivity index (χ0n) is 25.7. The quantitative estimate of drug-likeness (QED) is 0.162. The van der Waals surface area contributed by atoms with Crippen molar-refractivity contribution in [2.24, 2.45) is 0 Å². The highest BCUT2D eigenvalue weighted by Gasteiger charge is 2.11. The van der Waals surface area contributed by atoms with E-state index in [0.29, 0.717) is 22.7 Å². The fraction of sp³-hybridized carbons (Fsp3) is 0.231. The van der Waals surface area contributed by atoms with E-state index >= 15 is 0 Å². The van der Waals surface area contributed by atoms with Gasteiger partial charge in [0.05, 0.1) is 51.2 Å². The third-order valence-electron chi connectivity index (χ3n) is 4.45. The number of nitrogens with one attached hydrogen (secondary N) is 8. The van der Waals surface area contributed by atoms with Gasteiger partial charge in [0, 0.05) is 6.61 Å². The number of rotatable bonds is 4. The van der Waals surface area contributed by atoms with Crippen LogP contribution in [-0.4, -0.2) is 85.0 Å². The number of para-hydroxylation sites is 4. The molecule has 9 N–H and O–H groups in total. The third kappa shape index (κ3) is 19.2. The lowest BCUT2D eigenvalue weighted by atomic mass is 10.2. The van der Waals surface area contributed by atoms with Crippen LogP contribution in [0.5, 0.6) is 0 Å². The maximum absolute atomic E-state index is 11.1. The van der Waals surface area contributed by atoms with Crippen LogP contribution in [0.3, 0.4) is 0 Å². The van der Waals surface area contributed by atoms with Crippen LogP contribution in [0.25, 0.3) is 0 Å². The molecule has 2 aromatic carbocycles.